The van der Waals surface area contributed by atoms with Crippen LogP contribution in [-0.2, 0) is 0 Å². The molecule has 2 nitrogen and oxygen atoms in total. The van der Waals surface area contributed by atoms with Crippen LogP contribution in [0.1, 0.15) is 31.7 Å². The fraction of sp³-hybridized carbons (Fsp3) is 0.462. The Morgan fingerprint density at radius 3 is 2.76 bits per heavy atom. The summed E-state index contributed by atoms with van der Waals surface area (Å²) < 4.78 is 0.959. The predicted molar refractivity (Wildman–Crippen MR) is 80.5 cm³/mol. The lowest BCUT2D eigenvalue weighted by molar-refractivity contribution is 0.602. The van der Waals surface area contributed by atoms with Crippen LogP contribution in [-0.4, -0.2) is 11.0 Å². The first-order valence-electron chi connectivity index (χ1n) is 5.92. The fourth-order valence-electron chi connectivity index (χ4n) is 2.38. The quantitative estimate of drug-likeness (QED) is 0.836. The zero-order chi connectivity index (χ0) is 12.4. The Labute approximate surface area is 116 Å². The van der Waals surface area contributed by atoms with Crippen LogP contribution in [0.15, 0.2) is 22.7 Å². The first-order valence-corrected chi connectivity index (χ1v) is 7.12. The highest BCUT2D eigenvalue weighted by molar-refractivity contribution is 9.10. The molecule has 0 amide bonds. The molecular weight excluding hydrogens is 296 g/mol. The molecule has 1 aliphatic carbocycles. The standard InChI is InChI=1S/C13H17BrN2S/c1-8-2-3-9(6-8)16-10-4-5-11(13(15)17)12(14)7-10/h4-5,7-9,16H,2-3,6H2,1H3,(H2,15,17). The third-order valence-electron chi connectivity index (χ3n) is 3.30. The van der Waals surface area contributed by atoms with E-state index < -0.39 is 0 Å². The molecule has 0 radical (unpaired) electrons. The van der Waals surface area contributed by atoms with Crippen LogP contribution in [0, 0.1) is 5.92 Å². The van der Waals surface area contributed by atoms with Gasteiger partial charge in [-0.1, -0.05) is 19.1 Å². The third-order valence-corrected chi connectivity index (χ3v) is 4.18. The van der Waals surface area contributed by atoms with E-state index in [2.05, 4.69) is 34.2 Å². The third kappa shape index (κ3) is 3.19. The molecule has 0 heterocycles. The fourth-order valence-corrected chi connectivity index (χ4v) is 3.28. The Morgan fingerprint density at radius 1 is 1.47 bits per heavy atom. The molecule has 1 aliphatic rings. The summed E-state index contributed by atoms with van der Waals surface area (Å²) in [5.74, 6) is 0.840. The Hall–Kier alpha value is -0.610. The molecule has 0 saturated heterocycles. The molecule has 1 saturated carbocycles. The van der Waals surface area contributed by atoms with E-state index in [1.165, 1.54) is 19.3 Å². The molecule has 2 atom stereocenters. The van der Waals surface area contributed by atoms with E-state index in [0.717, 1.165) is 21.6 Å². The molecule has 0 bridgehead atoms. The van der Waals surface area contributed by atoms with Gasteiger partial charge in [-0.15, -0.1) is 0 Å². The summed E-state index contributed by atoms with van der Waals surface area (Å²) in [5.41, 5.74) is 7.66. The van der Waals surface area contributed by atoms with Gasteiger partial charge < -0.3 is 11.1 Å². The first-order chi connectivity index (χ1) is 8.06. The van der Waals surface area contributed by atoms with E-state index in [-0.39, 0.29) is 0 Å². The average Bonchev–Trinajstić information content (AvgIpc) is 2.63. The number of rotatable bonds is 3. The van der Waals surface area contributed by atoms with E-state index in [1.807, 2.05) is 12.1 Å². The molecule has 2 rings (SSSR count). The number of thiocarbonyl (C=S) groups is 1. The van der Waals surface area contributed by atoms with E-state index in [9.17, 15) is 0 Å². The smallest absolute Gasteiger partial charge is 0.105 e. The van der Waals surface area contributed by atoms with Crippen molar-refractivity contribution < 1.29 is 0 Å². The zero-order valence-electron chi connectivity index (χ0n) is 9.87. The number of halogens is 1. The Morgan fingerprint density at radius 2 is 2.24 bits per heavy atom. The Balaban J connectivity index is 2.07. The molecule has 0 aromatic heterocycles. The van der Waals surface area contributed by atoms with Crippen molar-refractivity contribution in [2.45, 2.75) is 32.2 Å². The maximum absolute atomic E-state index is 5.63. The SMILES string of the molecule is CC1CCC(Nc2ccc(C(N)=S)c(Br)c2)C1. The summed E-state index contributed by atoms with van der Waals surface area (Å²) in [5, 5.41) is 3.56. The lowest BCUT2D eigenvalue weighted by Crippen LogP contribution is -2.16. The molecule has 2 unspecified atom stereocenters. The van der Waals surface area contributed by atoms with Crippen molar-refractivity contribution in [3.8, 4) is 0 Å². The molecule has 0 aliphatic heterocycles. The van der Waals surface area contributed by atoms with Gasteiger partial charge in [0.2, 0.25) is 0 Å². The summed E-state index contributed by atoms with van der Waals surface area (Å²) in [6, 6.07) is 6.67. The lowest BCUT2D eigenvalue weighted by atomic mass is 10.1. The van der Waals surface area contributed by atoms with Gasteiger partial charge in [-0.05, 0) is 59.3 Å². The average molecular weight is 313 g/mol. The van der Waals surface area contributed by atoms with E-state index in [0.29, 0.717) is 11.0 Å². The van der Waals surface area contributed by atoms with E-state index in [4.69, 9.17) is 18.0 Å². The van der Waals surface area contributed by atoms with Crippen LogP contribution in [0.3, 0.4) is 0 Å². The molecule has 1 aromatic carbocycles. The summed E-state index contributed by atoms with van der Waals surface area (Å²) in [4.78, 5) is 0.429. The van der Waals surface area contributed by atoms with Crippen molar-refractivity contribution >= 4 is 38.8 Å². The van der Waals surface area contributed by atoms with Crippen LogP contribution in [0.4, 0.5) is 5.69 Å². The van der Waals surface area contributed by atoms with Crippen molar-refractivity contribution in [3.05, 3.63) is 28.2 Å². The molecule has 0 spiro atoms. The Kier molecular flexibility index (Phi) is 4.05. The second-order valence-corrected chi connectivity index (χ2v) is 6.11. The summed E-state index contributed by atoms with van der Waals surface area (Å²) in [6.45, 7) is 2.31. The lowest BCUT2D eigenvalue weighted by Gasteiger charge is -2.15. The summed E-state index contributed by atoms with van der Waals surface area (Å²) in [7, 11) is 0. The van der Waals surface area contributed by atoms with Crippen LogP contribution < -0.4 is 11.1 Å². The highest BCUT2D eigenvalue weighted by Gasteiger charge is 2.21. The minimum atomic E-state index is 0.429. The van der Waals surface area contributed by atoms with Gasteiger partial charge in [0.1, 0.15) is 4.99 Å². The molecule has 3 N–H and O–H groups in total. The van der Waals surface area contributed by atoms with E-state index >= 15 is 0 Å². The van der Waals surface area contributed by atoms with Crippen LogP contribution in [0.25, 0.3) is 0 Å². The van der Waals surface area contributed by atoms with Crippen molar-refractivity contribution in [1.29, 1.82) is 0 Å². The van der Waals surface area contributed by atoms with Crippen molar-refractivity contribution in [2.75, 3.05) is 5.32 Å². The normalized spacial score (nSPS) is 23.6. The molecule has 92 valence electrons. The number of hydrogen-bond acceptors (Lipinski definition) is 2. The maximum atomic E-state index is 5.63. The number of nitrogens with one attached hydrogen (secondary N) is 1. The number of benzene rings is 1. The van der Waals surface area contributed by atoms with Gasteiger partial charge in [0, 0.05) is 21.8 Å². The predicted octanol–water partition coefficient (Wildman–Crippen LogP) is 3.68. The summed E-state index contributed by atoms with van der Waals surface area (Å²) in [6.07, 6.45) is 3.84. The Bertz CT molecular complexity index is 433. The van der Waals surface area contributed by atoms with Gasteiger partial charge >= 0.3 is 0 Å². The van der Waals surface area contributed by atoms with Crippen molar-refractivity contribution in [3.63, 3.8) is 0 Å². The first kappa shape index (κ1) is 12.8. The van der Waals surface area contributed by atoms with Crippen LogP contribution in [0.5, 0.6) is 0 Å². The minimum Gasteiger partial charge on any atom is -0.389 e. The molecular formula is C13H17BrN2S. The zero-order valence-corrected chi connectivity index (χ0v) is 12.3. The van der Waals surface area contributed by atoms with Crippen molar-refractivity contribution in [1.82, 2.24) is 0 Å². The number of hydrogen-bond donors (Lipinski definition) is 2. The molecule has 4 heteroatoms. The van der Waals surface area contributed by atoms with Gasteiger partial charge in [-0.3, -0.25) is 0 Å². The topological polar surface area (TPSA) is 38.0 Å². The van der Waals surface area contributed by atoms with Gasteiger partial charge in [-0.25, -0.2) is 0 Å². The maximum Gasteiger partial charge on any atom is 0.105 e. The minimum absolute atomic E-state index is 0.429. The molecule has 1 aromatic rings. The number of nitrogens with two attached hydrogens (primary N) is 1. The van der Waals surface area contributed by atoms with Gasteiger partial charge in [0.05, 0.1) is 0 Å². The van der Waals surface area contributed by atoms with Gasteiger partial charge in [0.25, 0.3) is 0 Å². The van der Waals surface area contributed by atoms with Crippen molar-refractivity contribution in [2.24, 2.45) is 11.7 Å². The molecule has 17 heavy (non-hydrogen) atoms. The second kappa shape index (κ2) is 5.36. The van der Waals surface area contributed by atoms with Gasteiger partial charge in [-0.2, -0.15) is 0 Å². The summed E-state index contributed by atoms with van der Waals surface area (Å²) >= 11 is 8.48. The molecule has 1 fully saturated rings. The monoisotopic (exact) mass is 312 g/mol. The van der Waals surface area contributed by atoms with Crippen LogP contribution >= 0.6 is 28.1 Å². The number of anilines is 1. The van der Waals surface area contributed by atoms with Gasteiger partial charge in [0.15, 0.2) is 0 Å². The largest absolute Gasteiger partial charge is 0.389 e. The highest BCUT2D eigenvalue weighted by atomic mass is 79.9. The van der Waals surface area contributed by atoms with E-state index in [1.54, 1.807) is 0 Å². The second-order valence-electron chi connectivity index (χ2n) is 4.82. The highest BCUT2D eigenvalue weighted by Crippen LogP contribution is 2.29. The van der Waals surface area contributed by atoms with Crippen LogP contribution in [0.2, 0.25) is 0 Å².